The molecule has 8 nitrogen and oxygen atoms in total. The maximum absolute atomic E-state index is 14.0. The maximum Gasteiger partial charge on any atom is 0.322 e. The summed E-state index contributed by atoms with van der Waals surface area (Å²) in [7, 11) is -0.878. The summed E-state index contributed by atoms with van der Waals surface area (Å²) < 4.78 is 46.6. The lowest BCUT2D eigenvalue weighted by molar-refractivity contribution is 0.0305. The predicted octanol–water partition coefficient (Wildman–Crippen LogP) is 3.67. The maximum atomic E-state index is 14.0. The molecule has 11 heteroatoms. The van der Waals surface area contributed by atoms with Gasteiger partial charge in [0.25, 0.3) is 0 Å². The molecule has 0 spiro atoms. The van der Waals surface area contributed by atoms with Crippen LogP contribution in [0.5, 0.6) is 0 Å². The molecule has 2 rings (SSSR count). The zero-order valence-corrected chi connectivity index (χ0v) is 21.2. The SMILES string of the molecule is CO[C@@H](CN(C)S(=O)(=O)c1ccc(Cl)cc1)[C@H](C)CN(C(=O)Nc1ccccc1F)[C@H](C)CO. The Morgan fingerprint density at radius 1 is 1.15 bits per heavy atom. The number of nitrogens with zero attached hydrogens (tertiary/aromatic N) is 2. The number of sulfonamides is 1. The van der Waals surface area contributed by atoms with Gasteiger partial charge >= 0.3 is 6.03 Å². The standard InChI is InChI=1S/C23H31ClFN3O5S/c1-16(13-28(17(2)15-29)23(30)26-21-8-6-5-7-20(21)25)22(33-4)14-27(3)34(31,32)19-11-9-18(24)10-12-19/h5-12,16-17,22,29H,13-15H2,1-4H3,(H,26,30)/t16-,17-,22+/m1/s1. The fourth-order valence-corrected chi connectivity index (χ4v) is 4.67. The monoisotopic (exact) mass is 515 g/mol. The van der Waals surface area contributed by atoms with Crippen molar-refractivity contribution in [1.82, 2.24) is 9.21 Å². The third-order valence-corrected chi connectivity index (χ3v) is 7.64. The van der Waals surface area contributed by atoms with Gasteiger partial charge in [-0.1, -0.05) is 30.7 Å². The zero-order valence-electron chi connectivity index (χ0n) is 19.6. The van der Waals surface area contributed by atoms with E-state index in [1.807, 2.05) is 6.92 Å². The van der Waals surface area contributed by atoms with Gasteiger partial charge in [-0.25, -0.2) is 17.6 Å². The average molecular weight is 516 g/mol. The molecule has 3 atom stereocenters. The highest BCUT2D eigenvalue weighted by Crippen LogP contribution is 2.21. The van der Waals surface area contributed by atoms with Crippen molar-refractivity contribution in [1.29, 1.82) is 0 Å². The van der Waals surface area contributed by atoms with Crippen molar-refractivity contribution in [2.75, 3.05) is 39.2 Å². The number of likely N-dealkylation sites (N-methyl/N-ethyl adjacent to an activating group) is 1. The fourth-order valence-electron chi connectivity index (χ4n) is 3.36. The largest absolute Gasteiger partial charge is 0.394 e. The molecule has 0 radical (unpaired) electrons. The summed E-state index contributed by atoms with van der Waals surface area (Å²) in [5.41, 5.74) is 0.0207. The number of benzene rings is 2. The van der Waals surface area contributed by atoms with Gasteiger partial charge in [0, 0.05) is 38.2 Å². The van der Waals surface area contributed by atoms with Crippen molar-refractivity contribution in [2.45, 2.75) is 30.9 Å². The van der Waals surface area contributed by atoms with E-state index < -0.39 is 34.0 Å². The van der Waals surface area contributed by atoms with Gasteiger partial charge in [0.05, 0.1) is 29.3 Å². The van der Waals surface area contributed by atoms with Gasteiger partial charge in [-0.2, -0.15) is 4.31 Å². The predicted molar refractivity (Wildman–Crippen MR) is 130 cm³/mol. The number of urea groups is 1. The topological polar surface area (TPSA) is 99.2 Å². The van der Waals surface area contributed by atoms with Crippen LogP contribution in [0.25, 0.3) is 0 Å². The van der Waals surface area contributed by atoms with E-state index in [4.69, 9.17) is 16.3 Å². The third kappa shape index (κ3) is 7.13. The lowest BCUT2D eigenvalue weighted by atomic mass is 10.0. The number of ether oxygens (including phenoxy) is 1. The molecule has 2 amide bonds. The number of anilines is 1. The Hall–Kier alpha value is -2.24. The van der Waals surface area contributed by atoms with Gasteiger partial charge in [0.1, 0.15) is 5.82 Å². The molecular formula is C23H31ClFN3O5S. The van der Waals surface area contributed by atoms with E-state index in [2.05, 4.69) is 5.32 Å². The molecule has 188 valence electrons. The van der Waals surface area contributed by atoms with E-state index in [-0.39, 0.29) is 36.2 Å². The number of aliphatic hydroxyl groups is 1. The number of amides is 2. The van der Waals surface area contributed by atoms with Gasteiger partial charge in [-0.15, -0.1) is 0 Å². The lowest BCUT2D eigenvalue weighted by Crippen LogP contribution is -2.49. The number of carbonyl (C=O) groups is 1. The summed E-state index contributed by atoms with van der Waals surface area (Å²) in [6, 6.07) is 10.5. The molecule has 0 aliphatic rings. The third-order valence-electron chi connectivity index (χ3n) is 5.55. The zero-order chi connectivity index (χ0) is 25.5. The van der Waals surface area contributed by atoms with E-state index in [0.29, 0.717) is 5.02 Å². The van der Waals surface area contributed by atoms with Crippen LogP contribution in [0.1, 0.15) is 13.8 Å². The number of aliphatic hydroxyl groups excluding tert-OH is 1. The van der Waals surface area contributed by atoms with Crippen molar-refractivity contribution in [3.05, 3.63) is 59.4 Å². The Kier molecular flexibility index (Phi) is 10.3. The van der Waals surface area contributed by atoms with E-state index in [9.17, 15) is 22.7 Å². The molecular weight excluding hydrogens is 485 g/mol. The summed E-state index contributed by atoms with van der Waals surface area (Å²) >= 11 is 5.86. The summed E-state index contributed by atoms with van der Waals surface area (Å²) in [5, 5.41) is 12.6. The van der Waals surface area contributed by atoms with Gasteiger partial charge in [-0.05, 0) is 43.3 Å². The number of carbonyl (C=O) groups excluding carboxylic acids is 1. The molecule has 0 heterocycles. The number of hydrogen-bond acceptors (Lipinski definition) is 5. The molecule has 2 aromatic carbocycles. The molecule has 34 heavy (non-hydrogen) atoms. The molecule has 0 aliphatic heterocycles. The molecule has 0 saturated heterocycles. The highest BCUT2D eigenvalue weighted by atomic mass is 35.5. The van der Waals surface area contributed by atoms with Crippen molar-refractivity contribution in [3.8, 4) is 0 Å². The van der Waals surface area contributed by atoms with E-state index in [1.165, 1.54) is 65.8 Å². The normalized spacial score (nSPS) is 14.5. The first-order valence-electron chi connectivity index (χ1n) is 10.7. The van der Waals surface area contributed by atoms with Crippen LogP contribution in [-0.4, -0.2) is 74.8 Å². The van der Waals surface area contributed by atoms with Gasteiger partial charge < -0.3 is 20.1 Å². The van der Waals surface area contributed by atoms with Gasteiger partial charge in [-0.3, -0.25) is 0 Å². The number of para-hydroxylation sites is 1. The van der Waals surface area contributed by atoms with Gasteiger partial charge in [0.2, 0.25) is 10.0 Å². The number of hydrogen-bond donors (Lipinski definition) is 2. The van der Waals surface area contributed by atoms with Crippen molar-refractivity contribution >= 4 is 33.3 Å². The van der Waals surface area contributed by atoms with Crippen LogP contribution in [0.15, 0.2) is 53.4 Å². The first-order chi connectivity index (χ1) is 16.0. The average Bonchev–Trinajstić information content (AvgIpc) is 2.81. The minimum atomic E-state index is -3.79. The molecule has 0 bridgehead atoms. The van der Waals surface area contributed by atoms with Gasteiger partial charge in [0.15, 0.2) is 0 Å². The van der Waals surface area contributed by atoms with Crippen LogP contribution in [-0.2, 0) is 14.8 Å². The number of rotatable bonds is 11. The van der Waals surface area contributed by atoms with E-state index >= 15 is 0 Å². The van der Waals surface area contributed by atoms with Crippen LogP contribution in [0, 0.1) is 11.7 Å². The van der Waals surface area contributed by atoms with Crippen molar-refractivity contribution in [2.24, 2.45) is 5.92 Å². The van der Waals surface area contributed by atoms with Crippen molar-refractivity contribution in [3.63, 3.8) is 0 Å². The van der Waals surface area contributed by atoms with Crippen LogP contribution in [0.4, 0.5) is 14.9 Å². The summed E-state index contributed by atoms with van der Waals surface area (Å²) in [6.45, 7) is 3.32. The second kappa shape index (κ2) is 12.5. The van der Waals surface area contributed by atoms with Crippen LogP contribution < -0.4 is 5.32 Å². The summed E-state index contributed by atoms with van der Waals surface area (Å²) in [6.07, 6.45) is -0.568. The second-order valence-corrected chi connectivity index (χ2v) is 10.6. The minimum Gasteiger partial charge on any atom is -0.394 e. The minimum absolute atomic E-state index is 0.0207. The Morgan fingerprint density at radius 2 is 1.76 bits per heavy atom. The van der Waals surface area contributed by atoms with E-state index in [0.717, 1.165) is 0 Å². The Labute approximate surface area is 205 Å². The highest BCUT2D eigenvalue weighted by molar-refractivity contribution is 7.89. The second-order valence-electron chi connectivity index (χ2n) is 8.08. The van der Waals surface area contributed by atoms with Crippen LogP contribution >= 0.6 is 11.6 Å². The molecule has 0 saturated carbocycles. The number of methoxy groups -OCH3 is 1. The lowest BCUT2D eigenvalue weighted by Gasteiger charge is -2.34. The molecule has 0 fully saturated rings. The summed E-state index contributed by atoms with van der Waals surface area (Å²) in [4.78, 5) is 14.4. The first kappa shape index (κ1) is 28.0. The molecule has 0 aromatic heterocycles. The van der Waals surface area contributed by atoms with Crippen molar-refractivity contribution < 1.29 is 27.4 Å². The quantitative estimate of drug-likeness (QED) is 0.476. The molecule has 0 unspecified atom stereocenters. The first-order valence-corrected chi connectivity index (χ1v) is 12.5. The Morgan fingerprint density at radius 3 is 2.32 bits per heavy atom. The molecule has 0 aliphatic carbocycles. The molecule has 2 N–H and O–H groups in total. The number of nitrogens with one attached hydrogen (secondary N) is 1. The molecule has 2 aromatic rings. The van der Waals surface area contributed by atoms with E-state index in [1.54, 1.807) is 13.0 Å². The van der Waals surface area contributed by atoms with Crippen LogP contribution in [0.3, 0.4) is 0 Å². The Bertz CT molecular complexity index is 1050. The number of halogens is 2. The van der Waals surface area contributed by atoms with Crippen LogP contribution in [0.2, 0.25) is 5.02 Å². The Balaban J connectivity index is 2.14. The smallest absolute Gasteiger partial charge is 0.322 e. The highest BCUT2D eigenvalue weighted by Gasteiger charge is 2.30. The summed E-state index contributed by atoms with van der Waals surface area (Å²) in [5.74, 6) is -0.905. The fraction of sp³-hybridized carbons (Fsp3) is 0.435.